The lowest BCUT2D eigenvalue weighted by atomic mass is 10.1. The van der Waals surface area contributed by atoms with Crippen LogP contribution in [0.4, 0.5) is 10.5 Å². The molecule has 1 aromatic carbocycles. The van der Waals surface area contributed by atoms with Gasteiger partial charge in [0, 0.05) is 6.54 Å². The third-order valence-corrected chi connectivity index (χ3v) is 4.42. The maximum Gasteiger partial charge on any atom is 0.420 e. The molecule has 1 aromatic rings. The van der Waals surface area contributed by atoms with Gasteiger partial charge in [-0.05, 0) is 38.1 Å². The number of para-hydroxylation sites is 1. The second kappa shape index (κ2) is 10.4. The van der Waals surface area contributed by atoms with Crippen molar-refractivity contribution in [3.8, 4) is 0 Å². The lowest BCUT2D eigenvalue weighted by Gasteiger charge is -2.32. The summed E-state index contributed by atoms with van der Waals surface area (Å²) in [5.74, 6) is 0. The van der Waals surface area contributed by atoms with E-state index < -0.39 is 0 Å². The molecule has 0 aliphatic carbocycles. The summed E-state index contributed by atoms with van der Waals surface area (Å²) in [5, 5.41) is 3.49. The van der Waals surface area contributed by atoms with Crippen molar-refractivity contribution in [2.45, 2.75) is 19.3 Å². The minimum absolute atomic E-state index is 0. The van der Waals surface area contributed by atoms with E-state index in [1.54, 1.807) is 6.07 Å². The number of hydrogen-bond donors (Lipinski definition) is 1. The van der Waals surface area contributed by atoms with Crippen LogP contribution in [0.15, 0.2) is 24.3 Å². The Balaban J connectivity index is 0.00000242. The number of anilines is 1. The number of nitrogens with zero attached hydrogens (tertiary/aromatic N) is 2. The molecule has 0 aromatic heterocycles. The lowest BCUT2D eigenvalue weighted by molar-refractivity contribution is -0.806. The molecular formula is C16H25Cl3N3O-. The number of nitrogens with one attached hydrogen (secondary N) is 1. The molecule has 7 heteroatoms. The van der Waals surface area contributed by atoms with Gasteiger partial charge < -0.3 is 24.8 Å². The van der Waals surface area contributed by atoms with Crippen molar-refractivity contribution in [2.24, 2.45) is 0 Å². The highest BCUT2D eigenvalue weighted by Gasteiger charge is 2.28. The minimum atomic E-state index is -0.0277. The van der Waals surface area contributed by atoms with Crippen molar-refractivity contribution in [2.75, 3.05) is 45.6 Å². The highest BCUT2D eigenvalue weighted by atomic mass is 35.5. The first-order valence-corrected chi connectivity index (χ1v) is 7.98. The second-order valence-electron chi connectivity index (χ2n) is 6.22. The van der Waals surface area contributed by atoms with Crippen LogP contribution < -0.4 is 30.1 Å². The Labute approximate surface area is 156 Å². The maximum atomic E-state index is 12.4. The van der Waals surface area contributed by atoms with Crippen molar-refractivity contribution in [3.63, 3.8) is 0 Å². The van der Waals surface area contributed by atoms with Crippen molar-refractivity contribution in [1.82, 2.24) is 4.90 Å². The summed E-state index contributed by atoms with van der Waals surface area (Å²) in [4.78, 5) is 14.9. The van der Waals surface area contributed by atoms with E-state index in [0.29, 0.717) is 15.2 Å². The van der Waals surface area contributed by atoms with Gasteiger partial charge in [0.05, 0.1) is 31.4 Å². The van der Waals surface area contributed by atoms with Crippen molar-refractivity contribution >= 4 is 23.3 Å². The molecule has 132 valence electrons. The molecule has 0 radical (unpaired) electrons. The molecule has 2 amide bonds. The number of likely N-dealkylation sites (tertiary alicyclic amines) is 1. The molecule has 1 heterocycles. The molecule has 1 saturated heterocycles. The van der Waals surface area contributed by atoms with Gasteiger partial charge in [0.15, 0.2) is 0 Å². The molecular weight excluding hydrogens is 357 g/mol. The van der Waals surface area contributed by atoms with E-state index in [4.69, 9.17) is 11.6 Å². The number of hydrogen-bond acceptors (Lipinski definition) is 2. The normalized spacial score (nSPS) is 15.3. The number of benzene rings is 1. The van der Waals surface area contributed by atoms with Gasteiger partial charge in [0.2, 0.25) is 0 Å². The first-order chi connectivity index (χ1) is 9.99. The number of urea groups is 1. The molecule has 2 rings (SSSR count). The molecule has 1 aliphatic heterocycles. The number of amides is 2. The van der Waals surface area contributed by atoms with Gasteiger partial charge in [-0.3, -0.25) is 10.2 Å². The Kier molecular flexibility index (Phi) is 10.1. The second-order valence-corrected chi connectivity index (χ2v) is 6.63. The highest BCUT2D eigenvalue weighted by Crippen LogP contribution is 2.21. The van der Waals surface area contributed by atoms with E-state index in [9.17, 15) is 4.79 Å². The summed E-state index contributed by atoms with van der Waals surface area (Å²) in [5.41, 5.74) is 0.674. The number of piperidine rings is 1. The minimum Gasteiger partial charge on any atom is -1.00 e. The first-order valence-electron chi connectivity index (χ1n) is 7.60. The molecule has 1 N–H and O–H groups in total. The monoisotopic (exact) mass is 380 g/mol. The Morgan fingerprint density at radius 1 is 1.17 bits per heavy atom. The number of carbonyl (C=O) groups excluding carboxylic acids is 1. The zero-order valence-electron chi connectivity index (χ0n) is 13.7. The third-order valence-electron chi connectivity index (χ3n) is 4.09. The number of carbonyl (C=O) groups is 1. The Morgan fingerprint density at radius 2 is 1.78 bits per heavy atom. The van der Waals surface area contributed by atoms with Crippen LogP contribution in [-0.4, -0.2) is 55.7 Å². The van der Waals surface area contributed by atoms with Gasteiger partial charge in [-0.15, -0.1) is 0 Å². The predicted molar refractivity (Wildman–Crippen MR) is 87.7 cm³/mol. The highest BCUT2D eigenvalue weighted by molar-refractivity contribution is 6.33. The Bertz CT molecular complexity index is 491. The van der Waals surface area contributed by atoms with Crippen molar-refractivity contribution in [3.05, 3.63) is 29.3 Å². The standard InChI is InChI=1S/C16H24ClN3O.2ClH/c1-20(2,13-12-19-10-6-3-7-11-19)16(21)18-15-9-5-4-8-14(15)17;;/h4-5,8-9H,3,6-7,10-13H2,1-2H3;2*1H/p-1. The van der Waals surface area contributed by atoms with Gasteiger partial charge >= 0.3 is 6.03 Å². The van der Waals surface area contributed by atoms with E-state index in [1.165, 1.54) is 19.3 Å². The fraction of sp³-hybridized carbons (Fsp3) is 0.562. The van der Waals surface area contributed by atoms with E-state index in [0.717, 1.165) is 26.2 Å². The maximum absolute atomic E-state index is 12.4. The van der Waals surface area contributed by atoms with Crippen LogP contribution in [0.5, 0.6) is 0 Å². The van der Waals surface area contributed by atoms with Crippen LogP contribution in [0.3, 0.4) is 0 Å². The number of likely N-dealkylation sites (N-methyl/N-ethyl adjacent to an activating group) is 1. The summed E-state index contributed by atoms with van der Waals surface area (Å²) >= 11 is 6.09. The van der Waals surface area contributed by atoms with Gasteiger partial charge in [-0.2, -0.15) is 0 Å². The average molecular weight is 382 g/mol. The van der Waals surface area contributed by atoms with Crippen molar-refractivity contribution in [1.29, 1.82) is 0 Å². The predicted octanol–water partition coefficient (Wildman–Crippen LogP) is -2.56. The summed E-state index contributed by atoms with van der Waals surface area (Å²) in [7, 11) is 3.88. The molecule has 0 spiro atoms. The molecule has 0 atom stereocenters. The topological polar surface area (TPSA) is 32.3 Å². The van der Waals surface area contributed by atoms with Crippen LogP contribution in [0.25, 0.3) is 0 Å². The van der Waals surface area contributed by atoms with Gasteiger partial charge in [-0.25, -0.2) is 9.28 Å². The van der Waals surface area contributed by atoms with E-state index in [2.05, 4.69) is 10.2 Å². The number of quaternary nitrogens is 1. The fourth-order valence-electron chi connectivity index (χ4n) is 2.51. The van der Waals surface area contributed by atoms with Crippen molar-refractivity contribution < 1.29 is 34.1 Å². The molecule has 0 bridgehead atoms. The third kappa shape index (κ3) is 6.86. The molecule has 0 saturated carbocycles. The zero-order valence-corrected chi connectivity index (χ0v) is 16.0. The van der Waals surface area contributed by atoms with Gasteiger partial charge in [0.25, 0.3) is 0 Å². The van der Waals surface area contributed by atoms with Crippen LogP contribution in [-0.2, 0) is 0 Å². The Morgan fingerprint density at radius 3 is 2.39 bits per heavy atom. The largest absolute Gasteiger partial charge is 1.00 e. The summed E-state index contributed by atoms with van der Waals surface area (Å²) in [6.07, 6.45) is 3.89. The number of rotatable bonds is 4. The SMILES string of the molecule is C[N+](C)(CCN1CCCCC1)C(=O)Nc1ccccc1Cl.[Cl-].[Cl-]. The fourth-order valence-corrected chi connectivity index (χ4v) is 2.69. The first kappa shape index (κ1) is 22.5. The summed E-state index contributed by atoms with van der Waals surface area (Å²) < 4.78 is 0.307. The molecule has 4 nitrogen and oxygen atoms in total. The average Bonchev–Trinajstić information content (AvgIpc) is 2.48. The van der Waals surface area contributed by atoms with Gasteiger partial charge in [0.1, 0.15) is 0 Å². The van der Waals surface area contributed by atoms with E-state index >= 15 is 0 Å². The molecule has 0 unspecified atom stereocenters. The Hall–Kier alpha value is -0.520. The molecule has 23 heavy (non-hydrogen) atoms. The van der Waals surface area contributed by atoms with E-state index in [1.807, 2.05) is 32.3 Å². The van der Waals surface area contributed by atoms with E-state index in [-0.39, 0.29) is 30.8 Å². The molecule has 1 aliphatic rings. The lowest BCUT2D eigenvalue weighted by Crippen LogP contribution is -3.00. The quantitative estimate of drug-likeness (QED) is 0.582. The van der Waals surface area contributed by atoms with Crippen LogP contribution in [0.2, 0.25) is 5.02 Å². The zero-order chi connectivity index (χ0) is 15.3. The summed E-state index contributed by atoms with van der Waals surface area (Å²) in [6.45, 7) is 4.08. The number of halogens is 3. The van der Waals surface area contributed by atoms with Gasteiger partial charge in [-0.1, -0.05) is 30.2 Å². The molecule has 1 fully saturated rings. The van der Waals surface area contributed by atoms with Crippen LogP contribution in [0.1, 0.15) is 19.3 Å². The van der Waals surface area contributed by atoms with Crippen LogP contribution >= 0.6 is 11.6 Å². The van der Waals surface area contributed by atoms with Crippen LogP contribution in [0, 0.1) is 0 Å². The smallest absolute Gasteiger partial charge is 0.420 e. The summed E-state index contributed by atoms with van der Waals surface area (Å²) in [6, 6.07) is 7.31.